The minimum Gasteiger partial charge on any atom is -0.493 e. The maximum absolute atomic E-state index is 11.9. The van der Waals surface area contributed by atoms with Crippen LogP contribution in [0.25, 0.3) is 0 Å². The van der Waals surface area contributed by atoms with Gasteiger partial charge < -0.3 is 14.8 Å². The average molecular weight is 304 g/mol. The maximum atomic E-state index is 11.9. The lowest BCUT2D eigenvalue weighted by atomic mass is 10.2. The van der Waals surface area contributed by atoms with Crippen LogP contribution in [0.1, 0.15) is 16.1 Å². The van der Waals surface area contributed by atoms with Crippen LogP contribution in [0, 0.1) is 0 Å². The molecule has 0 spiro atoms. The lowest BCUT2D eigenvalue weighted by Crippen LogP contribution is -2.23. The zero-order valence-corrected chi connectivity index (χ0v) is 12.5. The Kier molecular flexibility index (Phi) is 5.34. The number of nitrogens with zero attached hydrogens (tertiary/aromatic N) is 1. The highest BCUT2D eigenvalue weighted by molar-refractivity contribution is 7.07. The number of ether oxygens (including phenoxy) is 2. The summed E-state index contributed by atoms with van der Waals surface area (Å²) in [5.41, 5.74) is 3.12. The van der Waals surface area contributed by atoms with E-state index in [1.54, 1.807) is 29.8 Å². The number of aromatic nitrogens is 1. The number of carbonyl (C=O) groups excluding carboxylic acids is 1. The fourth-order valence-electron chi connectivity index (χ4n) is 1.66. The second-order valence-corrected chi connectivity index (χ2v) is 4.85. The molecule has 0 atom stereocenters. The molecular formula is C15H16N2O3S. The highest BCUT2D eigenvalue weighted by Crippen LogP contribution is 2.28. The Morgan fingerprint density at radius 3 is 3.00 bits per heavy atom. The van der Waals surface area contributed by atoms with Crippen molar-refractivity contribution in [1.82, 2.24) is 10.3 Å². The molecule has 1 aromatic carbocycles. The number of hydrogen-bond acceptors (Lipinski definition) is 5. The lowest BCUT2D eigenvalue weighted by Gasteiger charge is -2.11. The molecule has 0 bridgehead atoms. The largest absolute Gasteiger partial charge is 0.493 e. The van der Waals surface area contributed by atoms with Crippen molar-refractivity contribution in [3.8, 4) is 11.5 Å². The molecule has 2 rings (SSSR count). The summed E-state index contributed by atoms with van der Waals surface area (Å²) < 4.78 is 10.9. The predicted molar refractivity (Wildman–Crippen MR) is 82.0 cm³/mol. The molecule has 0 aliphatic carbocycles. The first-order chi connectivity index (χ1) is 10.2. The summed E-state index contributed by atoms with van der Waals surface area (Å²) in [6.45, 7) is 4.34. The van der Waals surface area contributed by atoms with Crippen molar-refractivity contribution in [2.75, 3.05) is 13.7 Å². The molecule has 1 amide bonds. The molecule has 6 heteroatoms. The Morgan fingerprint density at radius 2 is 2.33 bits per heavy atom. The van der Waals surface area contributed by atoms with Crippen LogP contribution in [0.15, 0.2) is 41.7 Å². The zero-order valence-electron chi connectivity index (χ0n) is 11.7. The normalized spacial score (nSPS) is 9.95. The second kappa shape index (κ2) is 7.44. The van der Waals surface area contributed by atoms with Crippen LogP contribution in [0.2, 0.25) is 0 Å². The van der Waals surface area contributed by atoms with Gasteiger partial charge in [-0.15, -0.1) is 17.9 Å². The SMILES string of the molecule is C=CCNC(=O)c1ccc(OCc2cscn2)c(OC)c1. The first-order valence-corrected chi connectivity index (χ1v) is 7.26. The van der Waals surface area contributed by atoms with Crippen LogP contribution >= 0.6 is 11.3 Å². The number of rotatable bonds is 7. The Bertz CT molecular complexity index is 611. The van der Waals surface area contributed by atoms with Crippen LogP contribution in [0.4, 0.5) is 0 Å². The first kappa shape index (κ1) is 15.1. The number of thiazole rings is 1. The summed E-state index contributed by atoms with van der Waals surface area (Å²) in [5.74, 6) is 0.904. The van der Waals surface area contributed by atoms with E-state index < -0.39 is 0 Å². The summed E-state index contributed by atoms with van der Waals surface area (Å²) in [6, 6.07) is 5.06. The van der Waals surface area contributed by atoms with E-state index in [1.165, 1.54) is 18.4 Å². The summed E-state index contributed by atoms with van der Waals surface area (Å²) in [6.07, 6.45) is 1.63. The Labute approximate surface area is 127 Å². The topological polar surface area (TPSA) is 60.5 Å². The van der Waals surface area contributed by atoms with Gasteiger partial charge in [0.2, 0.25) is 0 Å². The van der Waals surface area contributed by atoms with Gasteiger partial charge in [-0.25, -0.2) is 4.98 Å². The van der Waals surface area contributed by atoms with Gasteiger partial charge in [-0.1, -0.05) is 6.08 Å². The van der Waals surface area contributed by atoms with Gasteiger partial charge in [0.25, 0.3) is 5.91 Å². The van der Waals surface area contributed by atoms with Crippen molar-refractivity contribution in [1.29, 1.82) is 0 Å². The number of carbonyl (C=O) groups is 1. The summed E-state index contributed by atoms with van der Waals surface area (Å²) in [5, 5.41) is 4.63. The van der Waals surface area contributed by atoms with E-state index in [1.807, 2.05) is 5.38 Å². The maximum Gasteiger partial charge on any atom is 0.251 e. The van der Waals surface area contributed by atoms with E-state index in [0.29, 0.717) is 30.2 Å². The third kappa shape index (κ3) is 4.06. The number of nitrogens with one attached hydrogen (secondary N) is 1. The molecule has 0 aliphatic heterocycles. The molecule has 0 saturated carbocycles. The van der Waals surface area contributed by atoms with E-state index in [0.717, 1.165) is 5.69 Å². The van der Waals surface area contributed by atoms with Crippen molar-refractivity contribution in [3.05, 3.63) is 53.0 Å². The van der Waals surface area contributed by atoms with E-state index in [2.05, 4.69) is 16.9 Å². The average Bonchev–Trinajstić information content (AvgIpc) is 3.03. The third-order valence-electron chi connectivity index (χ3n) is 2.69. The van der Waals surface area contributed by atoms with E-state index in [-0.39, 0.29) is 5.91 Å². The Hall–Kier alpha value is -2.34. The molecule has 0 aliphatic rings. The molecular weight excluding hydrogens is 288 g/mol. The number of benzene rings is 1. The van der Waals surface area contributed by atoms with Crippen molar-refractivity contribution in [3.63, 3.8) is 0 Å². The molecule has 5 nitrogen and oxygen atoms in total. The summed E-state index contributed by atoms with van der Waals surface area (Å²) in [4.78, 5) is 16.0. The Morgan fingerprint density at radius 1 is 1.48 bits per heavy atom. The summed E-state index contributed by atoms with van der Waals surface area (Å²) >= 11 is 1.52. The van der Waals surface area contributed by atoms with Crippen LogP contribution in [-0.4, -0.2) is 24.5 Å². The molecule has 21 heavy (non-hydrogen) atoms. The van der Waals surface area contributed by atoms with Crippen LogP contribution < -0.4 is 14.8 Å². The monoisotopic (exact) mass is 304 g/mol. The van der Waals surface area contributed by atoms with Crippen LogP contribution in [0.5, 0.6) is 11.5 Å². The van der Waals surface area contributed by atoms with E-state index >= 15 is 0 Å². The molecule has 0 radical (unpaired) electrons. The number of hydrogen-bond donors (Lipinski definition) is 1. The molecule has 1 aromatic heterocycles. The Balaban J connectivity index is 2.08. The molecule has 110 valence electrons. The lowest BCUT2D eigenvalue weighted by molar-refractivity contribution is 0.0957. The van der Waals surface area contributed by atoms with Crippen LogP contribution in [-0.2, 0) is 6.61 Å². The van der Waals surface area contributed by atoms with E-state index in [4.69, 9.17) is 9.47 Å². The molecule has 0 unspecified atom stereocenters. The molecule has 1 N–H and O–H groups in total. The van der Waals surface area contributed by atoms with Gasteiger partial charge in [0.05, 0.1) is 18.3 Å². The highest BCUT2D eigenvalue weighted by Gasteiger charge is 2.11. The molecule has 1 heterocycles. The highest BCUT2D eigenvalue weighted by atomic mass is 32.1. The summed E-state index contributed by atoms with van der Waals surface area (Å²) in [7, 11) is 1.54. The van der Waals surface area contributed by atoms with Crippen molar-refractivity contribution < 1.29 is 14.3 Å². The first-order valence-electron chi connectivity index (χ1n) is 6.31. The quantitative estimate of drug-likeness (QED) is 0.799. The van der Waals surface area contributed by atoms with E-state index in [9.17, 15) is 4.79 Å². The van der Waals surface area contributed by atoms with Gasteiger partial charge in [-0.3, -0.25) is 4.79 Å². The predicted octanol–water partition coefficient (Wildman–Crippen LogP) is 2.65. The van der Waals surface area contributed by atoms with Gasteiger partial charge in [0.1, 0.15) is 6.61 Å². The molecule has 0 saturated heterocycles. The van der Waals surface area contributed by atoms with Crippen molar-refractivity contribution in [2.24, 2.45) is 0 Å². The van der Waals surface area contributed by atoms with Gasteiger partial charge >= 0.3 is 0 Å². The third-order valence-corrected chi connectivity index (χ3v) is 3.33. The number of methoxy groups -OCH3 is 1. The minimum atomic E-state index is -0.181. The van der Waals surface area contributed by atoms with Gasteiger partial charge in [0.15, 0.2) is 11.5 Å². The van der Waals surface area contributed by atoms with Gasteiger partial charge in [-0.05, 0) is 18.2 Å². The van der Waals surface area contributed by atoms with Crippen molar-refractivity contribution >= 4 is 17.2 Å². The van der Waals surface area contributed by atoms with Gasteiger partial charge in [0, 0.05) is 17.5 Å². The zero-order chi connectivity index (χ0) is 15.1. The second-order valence-electron chi connectivity index (χ2n) is 4.13. The molecule has 0 fully saturated rings. The minimum absolute atomic E-state index is 0.181. The smallest absolute Gasteiger partial charge is 0.251 e. The van der Waals surface area contributed by atoms with Gasteiger partial charge in [-0.2, -0.15) is 0 Å². The van der Waals surface area contributed by atoms with Crippen molar-refractivity contribution in [2.45, 2.75) is 6.61 Å². The fraction of sp³-hybridized carbons (Fsp3) is 0.200. The number of amides is 1. The standard InChI is InChI=1S/C15H16N2O3S/c1-3-6-16-15(18)11-4-5-13(14(7-11)19-2)20-8-12-9-21-10-17-12/h3-5,7,9-10H,1,6,8H2,2H3,(H,16,18). The fourth-order valence-corrected chi connectivity index (χ4v) is 2.20. The molecule has 2 aromatic rings. The van der Waals surface area contributed by atoms with Crippen LogP contribution in [0.3, 0.4) is 0 Å².